The lowest BCUT2D eigenvalue weighted by atomic mass is 10.1. The van der Waals surface area contributed by atoms with Gasteiger partial charge in [0.25, 0.3) is 0 Å². The molecule has 0 spiro atoms. The van der Waals surface area contributed by atoms with Crippen LogP contribution in [0.15, 0.2) is 0 Å². The highest BCUT2D eigenvalue weighted by molar-refractivity contribution is 7.99. The number of hydrogen-bond acceptors (Lipinski definition) is 3. The Kier molecular flexibility index (Phi) is 7.88. The summed E-state index contributed by atoms with van der Waals surface area (Å²) in [5.74, 6) is 0.493. The lowest BCUT2D eigenvalue weighted by Crippen LogP contribution is -2.37. The standard InChI is InChI=1S/C11H23NO2S/c1-5-10(15-4)11(14)12-7-9(13)6-8(2)3/h8-10,13H,5-7H2,1-4H3,(H,12,14). The Balaban J connectivity index is 3.79. The highest BCUT2D eigenvalue weighted by atomic mass is 32.2. The maximum absolute atomic E-state index is 11.6. The zero-order valence-corrected chi connectivity index (χ0v) is 10.9. The molecule has 0 aliphatic carbocycles. The fourth-order valence-electron chi connectivity index (χ4n) is 1.42. The monoisotopic (exact) mass is 233 g/mol. The van der Waals surface area contributed by atoms with E-state index in [4.69, 9.17) is 0 Å². The van der Waals surface area contributed by atoms with Crippen molar-refractivity contribution in [2.45, 2.75) is 45.0 Å². The number of aliphatic hydroxyl groups is 1. The third-order valence-corrected chi connectivity index (χ3v) is 3.32. The van der Waals surface area contributed by atoms with E-state index in [1.165, 1.54) is 0 Å². The van der Waals surface area contributed by atoms with Gasteiger partial charge in [-0.05, 0) is 25.0 Å². The fraction of sp³-hybridized carbons (Fsp3) is 0.909. The Morgan fingerprint density at radius 2 is 2.07 bits per heavy atom. The fourth-order valence-corrected chi connectivity index (χ4v) is 2.05. The van der Waals surface area contributed by atoms with E-state index in [2.05, 4.69) is 19.2 Å². The van der Waals surface area contributed by atoms with Crippen LogP contribution >= 0.6 is 11.8 Å². The average Bonchev–Trinajstić information content (AvgIpc) is 2.15. The predicted molar refractivity (Wildman–Crippen MR) is 66.1 cm³/mol. The quantitative estimate of drug-likeness (QED) is 0.703. The van der Waals surface area contributed by atoms with Gasteiger partial charge in [-0.3, -0.25) is 4.79 Å². The molecule has 0 bridgehead atoms. The van der Waals surface area contributed by atoms with E-state index >= 15 is 0 Å². The van der Waals surface area contributed by atoms with Crippen LogP contribution in [0.4, 0.5) is 0 Å². The number of nitrogens with one attached hydrogen (secondary N) is 1. The van der Waals surface area contributed by atoms with Crippen molar-refractivity contribution in [3.8, 4) is 0 Å². The van der Waals surface area contributed by atoms with E-state index in [0.717, 1.165) is 12.8 Å². The van der Waals surface area contributed by atoms with Crippen molar-refractivity contribution in [1.82, 2.24) is 5.32 Å². The number of amides is 1. The van der Waals surface area contributed by atoms with Crippen LogP contribution < -0.4 is 5.32 Å². The third-order valence-electron chi connectivity index (χ3n) is 2.20. The topological polar surface area (TPSA) is 49.3 Å². The normalized spacial score (nSPS) is 15.1. The highest BCUT2D eigenvalue weighted by Gasteiger charge is 2.15. The Hall–Kier alpha value is -0.220. The minimum absolute atomic E-state index is 0.0104. The Morgan fingerprint density at radius 1 is 1.47 bits per heavy atom. The van der Waals surface area contributed by atoms with Gasteiger partial charge in [0.1, 0.15) is 0 Å². The molecule has 1 amide bonds. The number of carbonyl (C=O) groups excluding carboxylic acids is 1. The smallest absolute Gasteiger partial charge is 0.233 e. The molecule has 4 heteroatoms. The van der Waals surface area contributed by atoms with Crippen molar-refractivity contribution in [1.29, 1.82) is 0 Å². The largest absolute Gasteiger partial charge is 0.391 e. The molecule has 0 saturated carbocycles. The number of rotatable bonds is 7. The third kappa shape index (κ3) is 6.79. The molecule has 2 unspecified atom stereocenters. The first-order valence-corrected chi connectivity index (χ1v) is 6.78. The molecule has 0 aromatic rings. The van der Waals surface area contributed by atoms with Crippen molar-refractivity contribution < 1.29 is 9.90 Å². The summed E-state index contributed by atoms with van der Waals surface area (Å²) in [6.45, 7) is 6.48. The van der Waals surface area contributed by atoms with Crippen LogP contribution in [0.5, 0.6) is 0 Å². The summed E-state index contributed by atoms with van der Waals surface area (Å²) in [4.78, 5) is 11.6. The Bertz CT molecular complexity index is 181. The maximum atomic E-state index is 11.6. The van der Waals surface area contributed by atoms with Crippen LogP contribution in [0.3, 0.4) is 0 Å². The second-order valence-electron chi connectivity index (χ2n) is 4.16. The van der Waals surface area contributed by atoms with E-state index in [0.29, 0.717) is 12.5 Å². The zero-order chi connectivity index (χ0) is 11.8. The zero-order valence-electron chi connectivity index (χ0n) is 10.1. The second kappa shape index (κ2) is 7.99. The summed E-state index contributed by atoms with van der Waals surface area (Å²) in [5.41, 5.74) is 0. The van der Waals surface area contributed by atoms with Crippen LogP contribution in [0.25, 0.3) is 0 Å². The molecule has 0 heterocycles. The van der Waals surface area contributed by atoms with Gasteiger partial charge in [0, 0.05) is 6.54 Å². The molecule has 0 aliphatic heterocycles. The Morgan fingerprint density at radius 3 is 2.47 bits per heavy atom. The van der Waals surface area contributed by atoms with Gasteiger partial charge >= 0.3 is 0 Å². The van der Waals surface area contributed by atoms with Gasteiger partial charge in [0.05, 0.1) is 11.4 Å². The summed E-state index contributed by atoms with van der Waals surface area (Å²) in [6, 6.07) is 0. The molecule has 0 radical (unpaired) electrons. The van der Waals surface area contributed by atoms with Crippen LogP contribution in [-0.2, 0) is 4.79 Å². The molecular weight excluding hydrogens is 210 g/mol. The molecule has 0 aromatic heterocycles. The van der Waals surface area contributed by atoms with Gasteiger partial charge in [-0.1, -0.05) is 20.8 Å². The molecule has 0 fully saturated rings. The molecule has 15 heavy (non-hydrogen) atoms. The number of hydrogen-bond donors (Lipinski definition) is 2. The molecule has 2 N–H and O–H groups in total. The maximum Gasteiger partial charge on any atom is 0.233 e. The van der Waals surface area contributed by atoms with E-state index in [-0.39, 0.29) is 11.2 Å². The molecule has 0 rings (SSSR count). The van der Waals surface area contributed by atoms with Gasteiger partial charge in [0.15, 0.2) is 0 Å². The van der Waals surface area contributed by atoms with Gasteiger partial charge in [0.2, 0.25) is 5.91 Å². The number of aliphatic hydroxyl groups excluding tert-OH is 1. The first-order chi connectivity index (χ1) is 7.01. The van der Waals surface area contributed by atoms with E-state index in [9.17, 15) is 9.90 Å². The van der Waals surface area contributed by atoms with Crippen molar-refractivity contribution >= 4 is 17.7 Å². The van der Waals surface area contributed by atoms with E-state index < -0.39 is 6.10 Å². The van der Waals surface area contributed by atoms with Crippen molar-refractivity contribution in [3.63, 3.8) is 0 Å². The van der Waals surface area contributed by atoms with Crippen molar-refractivity contribution in [3.05, 3.63) is 0 Å². The summed E-state index contributed by atoms with van der Waals surface area (Å²) < 4.78 is 0. The van der Waals surface area contributed by atoms with Crippen molar-refractivity contribution in [2.24, 2.45) is 5.92 Å². The minimum atomic E-state index is -0.423. The first kappa shape index (κ1) is 14.8. The first-order valence-electron chi connectivity index (χ1n) is 5.49. The molecule has 0 aliphatic rings. The summed E-state index contributed by atoms with van der Waals surface area (Å²) >= 11 is 1.55. The van der Waals surface area contributed by atoms with Gasteiger partial charge in [-0.15, -0.1) is 0 Å². The summed E-state index contributed by atoms with van der Waals surface area (Å²) in [6.07, 6.45) is 3.07. The SMILES string of the molecule is CCC(SC)C(=O)NCC(O)CC(C)C. The number of carbonyl (C=O) groups is 1. The average molecular weight is 233 g/mol. The van der Waals surface area contributed by atoms with Gasteiger partial charge < -0.3 is 10.4 Å². The molecule has 2 atom stereocenters. The van der Waals surface area contributed by atoms with E-state index in [1.54, 1.807) is 11.8 Å². The molecule has 0 aromatic carbocycles. The lowest BCUT2D eigenvalue weighted by molar-refractivity contribution is -0.121. The second-order valence-corrected chi connectivity index (χ2v) is 5.20. The van der Waals surface area contributed by atoms with Crippen LogP contribution in [0.2, 0.25) is 0 Å². The minimum Gasteiger partial charge on any atom is -0.391 e. The lowest BCUT2D eigenvalue weighted by Gasteiger charge is -2.16. The van der Waals surface area contributed by atoms with Crippen LogP contribution in [0.1, 0.15) is 33.6 Å². The van der Waals surface area contributed by atoms with Crippen LogP contribution in [-0.4, -0.2) is 35.2 Å². The predicted octanol–water partition coefficient (Wildman–Crippen LogP) is 1.65. The van der Waals surface area contributed by atoms with E-state index in [1.807, 2.05) is 13.2 Å². The molecule has 90 valence electrons. The highest BCUT2D eigenvalue weighted by Crippen LogP contribution is 2.10. The summed E-state index contributed by atoms with van der Waals surface area (Å²) in [7, 11) is 0. The van der Waals surface area contributed by atoms with Gasteiger partial charge in [-0.25, -0.2) is 0 Å². The number of thioether (sulfide) groups is 1. The molecule has 3 nitrogen and oxygen atoms in total. The summed E-state index contributed by atoms with van der Waals surface area (Å²) in [5, 5.41) is 12.4. The van der Waals surface area contributed by atoms with Gasteiger partial charge in [-0.2, -0.15) is 11.8 Å². The van der Waals surface area contributed by atoms with Crippen LogP contribution in [0, 0.1) is 5.92 Å². The molecular formula is C11H23NO2S. The van der Waals surface area contributed by atoms with Crippen molar-refractivity contribution in [2.75, 3.05) is 12.8 Å². The Labute approximate surface area is 97.0 Å². The molecule has 0 saturated heterocycles.